The van der Waals surface area contributed by atoms with Crippen molar-refractivity contribution in [3.05, 3.63) is 0 Å². The van der Waals surface area contributed by atoms with Gasteiger partial charge in [-0.1, -0.05) is 0 Å². The molecule has 6 heteroatoms. The number of rotatable bonds is 7. The van der Waals surface area contributed by atoms with Crippen molar-refractivity contribution in [2.45, 2.75) is 19.3 Å². The first-order chi connectivity index (χ1) is 6.16. The molecule has 0 aromatic rings. The minimum Gasteiger partial charge on any atom is -0.356 e. The Kier molecular flexibility index (Phi) is 8.24. The van der Waals surface area contributed by atoms with Gasteiger partial charge >= 0.3 is 0 Å². The Hall–Kier alpha value is -0.220. The standard InChI is InChI=1S/C7H17N2O3P/c8-4-1-2-5-9-7(10)3-6-13(11)12/h11-12H,1-6,8H2,(H,9,10). The highest BCUT2D eigenvalue weighted by molar-refractivity contribution is 7.45. The number of hydrogen-bond acceptors (Lipinski definition) is 4. The first-order valence-corrected chi connectivity index (χ1v) is 5.72. The molecule has 0 saturated carbocycles. The summed E-state index contributed by atoms with van der Waals surface area (Å²) >= 11 is 0. The van der Waals surface area contributed by atoms with E-state index in [-0.39, 0.29) is 18.5 Å². The van der Waals surface area contributed by atoms with Crippen molar-refractivity contribution in [1.29, 1.82) is 0 Å². The summed E-state index contributed by atoms with van der Waals surface area (Å²) in [5.41, 5.74) is 5.27. The van der Waals surface area contributed by atoms with Gasteiger partial charge in [-0.05, 0) is 19.4 Å². The lowest BCUT2D eigenvalue weighted by molar-refractivity contribution is -0.120. The van der Waals surface area contributed by atoms with Crippen LogP contribution in [-0.2, 0) is 4.79 Å². The third kappa shape index (κ3) is 9.70. The molecule has 0 rings (SSSR count). The van der Waals surface area contributed by atoms with Gasteiger partial charge in [-0.3, -0.25) is 4.79 Å². The topological polar surface area (TPSA) is 95.6 Å². The SMILES string of the molecule is NCCCCNC(=O)CCP(O)O. The first-order valence-electron chi connectivity index (χ1n) is 4.29. The van der Waals surface area contributed by atoms with E-state index >= 15 is 0 Å². The van der Waals surface area contributed by atoms with E-state index in [1.807, 2.05) is 0 Å². The Morgan fingerprint density at radius 3 is 2.62 bits per heavy atom. The zero-order valence-electron chi connectivity index (χ0n) is 7.57. The largest absolute Gasteiger partial charge is 0.356 e. The number of nitrogens with one attached hydrogen (secondary N) is 1. The van der Waals surface area contributed by atoms with E-state index in [1.54, 1.807) is 0 Å². The van der Waals surface area contributed by atoms with Crippen molar-refractivity contribution in [3.63, 3.8) is 0 Å². The molecule has 0 radical (unpaired) electrons. The van der Waals surface area contributed by atoms with Crippen molar-refractivity contribution in [3.8, 4) is 0 Å². The molecule has 0 heterocycles. The lowest BCUT2D eigenvalue weighted by Gasteiger charge is -2.04. The molecule has 0 bridgehead atoms. The third-order valence-electron chi connectivity index (χ3n) is 1.49. The monoisotopic (exact) mass is 208 g/mol. The minimum absolute atomic E-state index is 0.132. The van der Waals surface area contributed by atoms with E-state index in [0.717, 1.165) is 12.8 Å². The van der Waals surface area contributed by atoms with E-state index in [0.29, 0.717) is 13.1 Å². The molecule has 0 aliphatic carbocycles. The number of carbonyl (C=O) groups excluding carboxylic acids is 1. The highest BCUT2D eigenvalue weighted by atomic mass is 31.2. The van der Waals surface area contributed by atoms with Crippen LogP contribution in [0.2, 0.25) is 0 Å². The van der Waals surface area contributed by atoms with Crippen LogP contribution in [0.15, 0.2) is 0 Å². The molecule has 0 saturated heterocycles. The van der Waals surface area contributed by atoms with Crippen LogP contribution in [0.25, 0.3) is 0 Å². The average Bonchev–Trinajstić information content (AvgIpc) is 2.09. The van der Waals surface area contributed by atoms with Crippen LogP contribution in [0.5, 0.6) is 0 Å². The molecule has 0 aliphatic rings. The van der Waals surface area contributed by atoms with Gasteiger partial charge in [0.1, 0.15) is 0 Å². The van der Waals surface area contributed by atoms with E-state index in [9.17, 15) is 4.79 Å². The fraction of sp³-hybridized carbons (Fsp3) is 0.857. The molecule has 5 nitrogen and oxygen atoms in total. The molecule has 0 unspecified atom stereocenters. The molecule has 0 spiro atoms. The van der Waals surface area contributed by atoms with Crippen molar-refractivity contribution in [1.82, 2.24) is 5.32 Å². The van der Waals surface area contributed by atoms with Crippen molar-refractivity contribution >= 4 is 14.3 Å². The Morgan fingerprint density at radius 2 is 2.08 bits per heavy atom. The van der Waals surface area contributed by atoms with Gasteiger partial charge in [-0.2, -0.15) is 0 Å². The number of carbonyl (C=O) groups is 1. The molecule has 0 atom stereocenters. The van der Waals surface area contributed by atoms with Gasteiger partial charge in [0.2, 0.25) is 5.91 Å². The van der Waals surface area contributed by atoms with Crippen molar-refractivity contribution in [2.75, 3.05) is 19.3 Å². The predicted molar refractivity (Wildman–Crippen MR) is 52.1 cm³/mol. The summed E-state index contributed by atoms with van der Waals surface area (Å²) in [7, 11) is -1.94. The third-order valence-corrected chi connectivity index (χ3v) is 2.12. The first kappa shape index (κ1) is 12.8. The fourth-order valence-electron chi connectivity index (χ4n) is 0.787. The van der Waals surface area contributed by atoms with Crippen LogP contribution in [0.3, 0.4) is 0 Å². The second-order valence-corrected chi connectivity index (χ2v) is 3.88. The number of nitrogens with two attached hydrogens (primary N) is 1. The summed E-state index contributed by atoms with van der Waals surface area (Å²) in [4.78, 5) is 28.0. The van der Waals surface area contributed by atoms with Gasteiger partial charge in [-0.25, -0.2) is 0 Å². The van der Waals surface area contributed by atoms with E-state index in [4.69, 9.17) is 15.5 Å². The average molecular weight is 208 g/mol. The van der Waals surface area contributed by atoms with Crippen LogP contribution in [-0.4, -0.2) is 34.9 Å². The summed E-state index contributed by atoms with van der Waals surface area (Å²) in [5.74, 6) is -0.132. The molecular weight excluding hydrogens is 191 g/mol. The van der Waals surface area contributed by atoms with Crippen LogP contribution in [0, 0.1) is 0 Å². The van der Waals surface area contributed by atoms with E-state index in [1.165, 1.54) is 0 Å². The number of amides is 1. The molecule has 0 aromatic carbocycles. The molecule has 0 aromatic heterocycles. The maximum Gasteiger partial charge on any atom is 0.220 e. The highest BCUT2D eigenvalue weighted by Gasteiger charge is 2.04. The highest BCUT2D eigenvalue weighted by Crippen LogP contribution is 2.22. The second-order valence-electron chi connectivity index (χ2n) is 2.69. The fourth-order valence-corrected chi connectivity index (χ4v) is 1.19. The normalized spacial score (nSPS) is 10.5. The maximum atomic E-state index is 11.0. The summed E-state index contributed by atoms with van der Waals surface area (Å²) in [5, 5.41) is 2.67. The van der Waals surface area contributed by atoms with Gasteiger partial charge in [0.15, 0.2) is 8.38 Å². The zero-order valence-corrected chi connectivity index (χ0v) is 8.46. The predicted octanol–water partition coefficient (Wildman–Crippen LogP) is -0.472. The zero-order chi connectivity index (χ0) is 10.1. The van der Waals surface area contributed by atoms with Gasteiger partial charge in [-0.15, -0.1) is 0 Å². The Balaban J connectivity index is 3.20. The lowest BCUT2D eigenvalue weighted by atomic mass is 10.3. The summed E-state index contributed by atoms with van der Waals surface area (Å²) in [6, 6.07) is 0. The van der Waals surface area contributed by atoms with Gasteiger partial charge in [0.25, 0.3) is 0 Å². The van der Waals surface area contributed by atoms with Crippen molar-refractivity contribution in [2.24, 2.45) is 5.73 Å². The minimum atomic E-state index is -1.94. The van der Waals surface area contributed by atoms with Crippen LogP contribution in [0.1, 0.15) is 19.3 Å². The smallest absolute Gasteiger partial charge is 0.220 e. The summed E-state index contributed by atoms with van der Waals surface area (Å²) in [6.07, 6.45) is 2.10. The van der Waals surface area contributed by atoms with Crippen LogP contribution >= 0.6 is 8.38 Å². The maximum absolute atomic E-state index is 11.0. The quantitative estimate of drug-likeness (QED) is 0.336. The lowest BCUT2D eigenvalue weighted by Crippen LogP contribution is -2.25. The Labute approximate surface area is 79.2 Å². The van der Waals surface area contributed by atoms with Crippen LogP contribution in [0.4, 0.5) is 0 Å². The number of hydrogen-bond donors (Lipinski definition) is 4. The molecule has 0 fully saturated rings. The van der Waals surface area contributed by atoms with E-state index in [2.05, 4.69) is 5.32 Å². The molecule has 5 N–H and O–H groups in total. The van der Waals surface area contributed by atoms with E-state index < -0.39 is 8.38 Å². The molecule has 78 valence electrons. The Bertz CT molecular complexity index is 144. The second kappa shape index (κ2) is 8.38. The molecular formula is C7H17N2O3P. The van der Waals surface area contributed by atoms with Gasteiger partial charge < -0.3 is 20.8 Å². The van der Waals surface area contributed by atoms with Crippen molar-refractivity contribution < 1.29 is 14.6 Å². The number of unbranched alkanes of at least 4 members (excludes halogenated alkanes) is 1. The summed E-state index contributed by atoms with van der Waals surface area (Å²) in [6.45, 7) is 1.25. The van der Waals surface area contributed by atoms with Gasteiger partial charge in [0, 0.05) is 19.1 Å². The van der Waals surface area contributed by atoms with Crippen LogP contribution < -0.4 is 11.1 Å². The molecule has 0 aliphatic heterocycles. The summed E-state index contributed by atoms with van der Waals surface area (Å²) < 4.78 is 0. The van der Waals surface area contributed by atoms with Gasteiger partial charge in [0.05, 0.1) is 0 Å². The Morgan fingerprint density at radius 1 is 1.38 bits per heavy atom. The molecule has 13 heavy (non-hydrogen) atoms. The molecule has 1 amide bonds.